The van der Waals surface area contributed by atoms with Crippen LogP contribution in [-0.4, -0.2) is 21.0 Å². The number of carboxylic acid groups (broad SMARTS) is 1. The molecule has 7 heteroatoms. The molecule has 0 aliphatic heterocycles. The largest absolute Gasteiger partial charge is 0.478 e. The van der Waals surface area contributed by atoms with Crippen molar-refractivity contribution in [2.75, 3.05) is 5.32 Å². The lowest BCUT2D eigenvalue weighted by Crippen LogP contribution is -2.12. The van der Waals surface area contributed by atoms with Crippen LogP contribution in [0.4, 0.5) is 5.82 Å². The highest BCUT2D eigenvalue weighted by Gasteiger charge is 2.16. The van der Waals surface area contributed by atoms with Gasteiger partial charge in [-0.1, -0.05) is 11.6 Å². The Bertz CT molecular complexity index is 615. The van der Waals surface area contributed by atoms with Crippen LogP contribution in [-0.2, 0) is 0 Å². The number of aromatic carboxylic acids is 1. The van der Waals surface area contributed by atoms with Gasteiger partial charge in [0.05, 0.1) is 6.04 Å². The molecule has 2 aromatic rings. The maximum absolute atomic E-state index is 11.1. The van der Waals surface area contributed by atoms with Gasteiger partial charge in [0.1, 0.15) is 21.5 Å². The summed E-state index contributed by atoms with van der Waals surface area (Å²) in [6.07, 6.45) is 1.78. The van der Waals surface area contributed by atoms with Crippen molar-refractivity contribution in [2.45, 2.75) is 19.9 Å². The average Bonchev–Trinajstić information content (AvgIpc) is 2.75. The molecule has 2 aromatic heterocycles. The Kier molecular flexibility index (Phi) is 4.01. The minimum Gasteiger partial charge on any atom is -0.478 e. The van der Waals surface area contributed by atoms with Gasteiger partial charge in [0.15, 0.2) is 0 Å². The van der Waals surface area contributed by atoms with Crippen molar-refractivity contribution >= 4 is 34.7 Å². The maximum atomic E-state index is 11.1. The van der Waals surface area contributed by atoms with Crippen LogP contribution in [0.3, 0.4) is 0 Å². The summed E-state index contributed by atoms with van der Waals surface area (Å²) >= 11 is 7.35. The van der Waals surface area contributed by atoms with Crippen molar-refractivity contribution in [1.82, 2.24) is 9.97 Å². The van der Waals surface area contributed by atoms with Crippen LogP contribution in [0, 0.1) is 6.92 Å². The van der Waals surface area contributed by atoms with Crippen LogP contribution in [0.1, 0.15) is 33.2 Å². The van der Waals surface area contributed by atoms with Crippen LogP contribution in [0.15, 0.2) is 18.3 Å². The van der Waals surface area contributed by atoms with E-state index < -0.39 is 5.97 Å². The number of halogens is 1. The Hall–Kier alpha value is -1.66. The van der Waals surface area contributed by atoms with E-state index in [4.69, 9.17) is 16.7 Å². The number of anilines is 1. The number of carboxylic acids is 1. The third-order valence-electron chi connectivity index (χ3n) is 2.45. The number of hydrogen-bond acceptors (Lipinski definition) is 5. The number of aromatic nitrogens is 2. The SMILES string of the molecule is Cc1cnc(C(C)Nc2nc(Cl)ccc2C(=O)O)s1. The number of pyridine rings is 1. The normalized spacial score (nSPS) is 12.2. The van der Waals surface area contributed by atoms with E-state index in [0.29, 0.717) is 0 Å². The topological polar surface area (TPSA) is 75.1 Å². The highest BCUT2D eigenvalue weighted by molar-refractivity contribution is 7.11. The molecule has 1 atom stereocenters. The highest BCUT2D eigenvalue weighted by Crippen LogP contribution is 2.25. The molecule has 0 radical (unpaired) electrons. The summed E-state index contributed by atoms with van der Waals surface area (Å²) in [5.74, 6) is -0.797. The summed E-state index contributed by atoms with van der Waals surface area (Å²) in [6, 6.07) is 2.75. The maximum Gasteiger partial charge on any atom is 0.339 e. The van der Waals surface area contributed by atoms with Gasteiger partial charge >= 0.3 is 5.97 Å². The van der Waals surface area contributed by atoms with Gasteiger partial charge in [-0.3, -0.25) is 0 Å². The van der Waals surface area contributed by atoms with Crippen LogP contribution in [0.5, 0.6) is 0 Å². The fourth-order valence-corrected chi connectivity index (χ4v) is 2.48. The fourth-order valence-electron chi connectivity index (χ4n) is 1.56. The zero-order chi connectivity index (χ0) is 14.0. The summed E-state index contributed by atoms with van der Waals surface area (Å²) in [5, 5.41) is 13.3. The number of nitrogens with one attached hydrogen (secondary N) is 1. The number of hydrogen-bond donors (Lipinski definition) is 2. The zero-order valence-corrected chi connectivity index (χ0v) is 11.9. The zero-order valence-electron chi connectivity index (χ0n) is 10.3. The lowest BCUT2D eigenvalue weighted by molar-refractivity contribution is 0.0697. The van der Waals surface area contributed by atoms with Gasteiger partial charge in [-0.2, -0.15) is 0 Å². The Labute approximate surface area is 119 Å². The van der Waals surface area contributed by atoms with E-state index >= 15 is 0 Å². The van der Waals surface area contributed by atoms with Crippen molar-refractivity contribution < 1.29 is 9.90 Å². The molecule has 0 spiro atoms. The van der Waals surface area contributed by atoms with E-state index in [2.05, 4.69) is 15.3 Å². The molecular formula is C12H12ClN3O2S. The molecule has 0 fully saturated rings. The monoisotopic (exact) mass is 297 g/mol. The van der Waals surface area contributed by atoms with Gasteiger partial charge in [0.25, 0.3) is 0 Å². The smallest absolute Gasteiger partial charge is 0.339 e. The number of rotatable bonds is 4. The number of nitrogens with zero attached hydrogens (tertiary/aromatic N) is 2. The first-order valence-corrected chi connectivity index (χ1v) is 6.75. The minimum absolute atomic E-state index is 0.0875. The fraction of sp³-hybridized carbons (Fsp3) is 0.250. The van der Waals surface area contributed by atoms with Gasteiger partial charge in [0, 0.05) is 11.1 Å². The number of thiazole rings is 1. The first-order valence-electron chi connectivity index (χ1n) is 5.56. The van der Waals surface area contributed by atoms with Crippen LogP contribution < -0.4 is 5.32 Å². The third kappa shape index (κ3) is 3.21. The molecular weight excluding hydrogens is 286 g/mol. The average molecular weight is 298 g/mol. The Morgan fingerprint density at radius 1 is 1.53 bits per heavy atom. The minimum atomic E-state index is -1.05. The molecule has 100 valence electrons. The van der Waals surface area contributed by atoms with Crippen molar-refractivity contribution in [3.63, 3.8) is 0 Å². The summed E-state index contributed by atoms with van der Waals surface area (Å²) in [5.41, 5.74) is 0.0875. The van der Waals surface area contributed by atoms with Crippen molar-refractivity contribution in [3.8, 4) is 0 Å². The van der Waals surface area contributed by atoms with Gasteiger partial charge < -0.3 is 10.4 Å². The van der Waals surface area contributed by atoms with E-state index in [9.17, 15) is 4.79 Å². The molecule has 2 N–H and O–H groups in total. The van der Waals surface area contributed by atoms with Gasteiger partial charge in [-0.05, 0) is 26.0 Å². The van der Waals surface area contributed by atoms with Gasteiger partial charge in [0.2, 0.25) is 0 Å². The second-order valence-corrected chi connectivity index (χ2v) is 5.66. The lowest BCUT2D eigenvalue weighted by Gasteiger charge is -2.13. The van der Waals surface area contributed by atoms with E-state index in [1.807, 2.05) is 13.8 Å². The van der Waals surface area contributed by atoms with Crippen LogP contribution in [0.2, 0.25) is 5.15 Å². The van der Waals surface area contributed by atoms with Crippen molar-refractivity contribution in [3.05, 3.63) is 38.9 Å². The highest BCUT2D eigenvalue weighted by atomic mass is 35.5. The molecule has 0 amide bonds. The van der Waals surface area contributed by atoms with Crippen molar-refractivity contribution in [2.24, 2.45) is 0 Å². The Morgan fingerprint density at radius 3 is 2.84 bits per heavy atom. The molecule has 2 rings (SSSR count). The Morgan fingerprint density at radius 2 is 2.26 bits per heavy atom. The number of aryl methyl sites for hydroxylation is 1. The molecule has 0 aliphatic carbocycles. The van der Waals surface area contributed by atoms with Crippen LogP contribution >= 0.6 is 22.9 Å². The van der Waals surface area contributed by atoms with Gasteiger partial charge in [-0.25, -0.2) is 14.8 Å². The van der Waals surface area contributed by atoms with Crippen LogP contribution in [0.25, 0.3) is 0 Å². The standard InChI is InChI=1S/C12H12ClN3O2S/c1-6-5-14-11(19-6)7(2)15-10-8(12(17)18)3-4-9(13)16-10/h3-5,7H,1-2H3,(H,15,16)(H,17,18). The van der Waals surface area contributed by atoms with Gasteiger partial charge in [-0.15, -0.1) is 11.3 Å². The molecule has 0 bridgehead atoms. The van der Waals surface area contributed by atoms with E-state index in [1.54, 1.807) is 17.5 Å². The molecule has 2 heterocycles. The molecule has 0 saturated heterocycles. The second kappa shape index (κ2) is 5.54. The first kappa shape index (κ1) is 13.8. The molecule has 1 unspecified atom stereocenters. The predicted octanol–water partition coefficient (Wildman–Crippen LogP) is 3.37. The molecule has 0 aromatic carbocycles. The van der Waals surface area contributed by atoms with Crippen molar-refractivity contribution in [1.29, 1.82) is 0 Å². The molecule has 0 saturated carbocycles. The second-order valence-electron chi connectivity index (χ2n) is 4.01. The first-order chi connectivity index (χ1) is 8.97. The summed E-state index contributed by atoms with van der Waals surface area (Å²) in [4.78, 5) is 20.5. The number of carbonyl (C=O) groups is 1. The Balaban J connectivity index is 2.27. The quantitative estimate of drug-likeness (QED) is 0.846. The molecule has 5 nitrogen and oxygen atoms in total. The summed E-state index contributed by atoms with van der Waals surface area (Å²) in [7, 11) is 0. The summed E-state index contributed by atoms with van der Waals surface area (Å²) < 4.78 is 0. The lowest BCUT2D eigenvalue weighted by atomic mass is 10.2. The predicted molar refractivity (Wildman–Crippen MR) is 75.1 cm³/mol. The molecule has 0 aliphatic rings. The third-order valence-corrected chi connectivity index (χ3v) is 3.76. The van der Waals surface area contributed by atoms with E-state index in [1.165, 1.54) is 12.1 Å². The molecule has 19 heavy (non-hydrogen) atoms. The van der Waals surface area contributed by atoms with E-state index in [0.717, 1.165) is 9.88 Å². The van der Waals surface area contributed by atoms with E-state index in [-0.39, 0.29) is 22.6 Å². The summed E-state index contributed by atoms with van der Waals surface area (Å²) in [6.45, 7) is 3.86.